The van der Waals surface area contributed by atoms with E-state index >= 15 is 0 Å². The molecule has 12 rings (SSSR count). The Morgan fingerprint density at radius 1 is 0.379 bits per heavy atom. The molecule has 0 fully saturated rings. The topological polar surface area (TPSA) is 69.6 Å². The van der Waals surface area contributed by atoms with Crippen LogP contribution in [0.1, 0.15) is 0 Å². The molecule has 4 heterocycles. The molecule has 0 saturated carbocycles. The van der Waals surface area contributed by atoms with Crippen molar-refractivity contribution in [2.75, 3.05) is 0 Å². The lowest BCUT2D eigenvalue weighted by Crippen LogP contribution is -2.00. The van der Waals surface area contributed by atoms with Crippen LogP contribution in [-0.2, 0) is 0 Å². The van der Waals surface area contributed by atoms with Crippen molar-refractivity contribution in [2.24, 2.45) is 0 Å². The average Bonchev–Trinajstić information content (AvgIpc) is 3.83. The van der Waals surface area contributed by atoms with Crippen LogP contribution in [-0.4, -0.2) is 24.5 Å². The first-order chi connectivity index (χ1) is 28.7. The molecule has 0 bridgehead atoms. The normalized spacial score (nSPS) is 11.8. The predicted molar refractivity (Wildman–Crippen MR) is 236 cm³/mol. The molecule has 6 nitrogen and oxygen atoms in total. The molecule has 0 N–H and O–H groups in total. The molecule has 0 spiro atoms. The van der Waals surface area contributed by atoms with Crippen LogP contribution in [0.5, 0.6) is 0 Å². The fraction of sp³-hybridized carbons (Fsp3) is 0. The van der Waals surface area contributed by atoms with Crippen LogP contribution in [0.25, 0.3) is 116 Å². The Morgan fingerprint density at radius 2 is 1.03 bits per heavy atom. The van der Waals surface area contributed by atoms with Gasteiger partial charge in [-0.1, -0.05) is 140 Å². The second-order valence-corrected chi connectivity index (χ2v) is 14.7. The summed E-state index contributed by atoms with van der Waals surface area (Å²) in [7, 11) is 0. The standard InChI is InChI=1S/C52H31N5O/c1-2-12-34(13-3-1)50-54-51(35-23-21-33(22-24-35)40-19-10-16-32-11-6-7-17-39(32)40)56-52(55-50)44-30-53-31-48-49(44)42-26-25-38(29-47(42)58-48)57-45-20-9-8-18-41(45)43-27-36-14-4-5-15-37(36)28-46(43)57/h1-31H. The molecule has 0 unspecified atom stereocenters. The van der Waals surface area contributed by atoms with Gasteiger partial charge in [0.1, 0.15) is 5.58 Å². The Balaban J connectivity index is 1.01. The van der Waals surface area contributed by atoms with Crippen molar-refractivity contribution in [1.82, 2.24) is 24.5 Å². The fourth-order valence-corrected chi connectivity index (χ4v) is 8.58. The van der Waals surface area contributed by atoms with E-state index in [2.05, 4.69) is 155 Å². The highest BCUT2D eigenvalue weighted by Crippen LogP contribution is 2.40. The van der Waals surface area contributed by atoms with E-state index in [1.807, 2.05) is 36.5 Å². The first kappa shape index (κ1) is 32.3. The van der Waals surface area contributed by atoms with Gasteiger partial charge in [-0.05, 0) is 63.0 Å². The zero-order chi connectivity index (χ0) is 38.2. The number of hydrogen-bond donors (Lipinski definition) is 0. The van der Waals surface area contributed by atoms with E-state index in [0.717, 1.165) is 55.3 Å². The molecule has 270 valence electrons. The van der Waals surface area contributed by atoms with Gasteiger partial charge in [0.15, 0.2) is 23.1 Å². The summed E-state index contributed by atoms with van der Waals surface area (Å²) in [5, 5.41) is 9.15. The quantitative estimate of drug-likeness (QED) is 0.176. The molecule has 0 atom stereocenters. The number of nitrogens with zero attached hydrogens (tertiary/aromatic N) is 5. The molecule has 6 heteroatoms. The van der Waals surface area contributed by atoms with Gasteiger partial charge in [0, 0.05) is 56.2 Å². The fourth-order valence-electron chi connectivity index (χ4n) is 8.58. The highest BCUT2D eigenvalue weighted by atomic mass is 16.3. The van der Waals surface area contributed by atoms with Crippen molar-refractivity contribution in [1.29, 1.82) is 0 Å². The maximum atomic E-state index is 6.62. The maximum Gasteiger partial charge on any atom is 0.166 e. The van der Waals surface area contributed by atoms with Gasteiger partial charge in [-0.2, -0.15) is 0 Å². The van der Waals surface area contributed by atoms with Crippen LogP contribution in [0.4, 0.5) is 0 Å². The van der Waals surface area contributed by atoms with Gasteiger partial charge in [-0.3, -0.25) is 4.98 Å². The molecule has 0 aliphatic rings. The summed E-state index contributed by atoms with van der Waals surface area (Å²) in [6.07, 6.45) is 3.61. The number of para-hydroxylation sites is 1. The lowest BCUT2D eigenvalue weighted by Gasteiger charge is -2.10. The number of furan rings is 1. The lowest BCUT2D eigenvalue weighted by molar-refractivity contribution is 0.666. The van der Waals surface area contributed by atoms with Crippen molar-refractivity contribution in [3.8, 4) is 51.0 Å². The molecule has 0 radical (unpaired) electrons. The zero-order valence-electron chi connectivity index (χ0n) is 31.0. The van der Waals surface area contributed by atoms with Crippen LogP contribution in [0, 0.1) is 0 Å². The third-order valence-corrected chi connectivity index (χ3v) is 11.3. The number of hydrogen-bond acceptors (Lipinski definition) is 5. The van der Waals surface area contributed by atoms with E-state index in [-0.39, 0.29) is 0 Å². The SMILES string of the molecule is c1ccc(-c2nc(-c3ccc(-c4cccc5ccccc45)cc3)nc(-c3cncc4oc5cc(-n6c7ccccc7c7cc8ccccc8cc76)ccc5c34)n2)cc1. The highest BCUT2D eigenvalue weighted by Gasteiger charge is 2.20. The molecule has 4 aromatic heterocycles. The summed E-state index contributed by atoms with van der Waals surface area (Å²) < 4.78 is 8.95. The minimum Gasteiger partial charge on any atom is -0.454 e. The Hall–Kier alpha value is -7.96. The number of rotatable bonds is 5. The molecule has 8 aromatic carbocycles. The van der Waals surface area contributed by atoms with Gasteiger partial charge in [0.25, 0.3) is 0 Å². The number of pyridine rings is 1. The van der Waals surface area contributed by atoms with Gasteiger partial charge in [0.05, 0.1) is 17.2 Å². The van der Waals surface area contributed by atoms with Crippen LogP contribution in [0.15, 0.2) is 193 Å². The summed E-state index contributed by atoms with van der Waals surface area (Å²) in [4.78, 5) is 19.9. The minimum absolute atomic E-state index is 0.529. The predicted octanol–water partition coefficient (Wildman–Crippen LogP) is 13.2. The summed E-state index contributed by atoms with van der Waals surface area (Å²) in [6.45, 7) is 0. The van der Waals surface area contributed by atoms with Gasteiger partial charge < -0.3 is 8.98 Å². The van der Waals surface area contributed by atoms with Gasteiger partial charge in [-0.25, -0.2) is 15.0 Å². The van der Waals surface area contributed by atoms with Crippen LogP contribution in [0.3, 0.4) is 0 Å². The summed E-state index contributed by atoms with van der Waals surface area (Å²) in [5.74, 6) is 1.70. The van der Waals surface area contributed by atoms with Crippen molar-refractivity contribution in [3.63, 3.8) is 0 Å². The third-order valence-electron chi connectivity index (χ3n) is 11.3. The molecule has 12 aromatic rings. The molecular formula is C52H31N5O. The summed E-state index contributed by atoms with van der Waals surface area (Å²) >= 11 is 0. The van der Waals surface area contributed by atoms with Crippen molar-refractivity contribution in [3.05, 3.63) is 188 Å². The van der Waals surface area contributed by atoms with Gasteiger partial charge in [-0.15, -0.1) is 0 Å². The monoisotopic (exact) mass is 741 g/mol. The van der Waals surface area contributed by atoms with Crippen molar-refractivity contribution >= 4 is 65.3 Å². The Bertz CT molecular complexity index is 3560. The summed E-state index contributed by atoms with van der Waals surface area (Å²) in [6, 6.07) is 61.6. The van der Waals surface area contributed by atoms with Gasteiger partial charge in [0.2, 0.25) is 0 Å². The van der Waals surface area contributed by atoms with Crippen molar-refractivity contribution < 1.29 is 4.42 Å². The van der Waals surface area contributed by atoms with Crippen LogP contribution >= 0.6 is 0 Å². The van der Waals surface area contributed by atoms with E-state index in [1.165, 1.54) is 37.9 Å². The average molecular weight is 742 g/mol. The second kappa shape index (κ2) is 12.8. The van der Waals surface area contributed by atoms with Crippen LogP contribution < -0.4 is 0 Å². The van der Waals surface area contributed by atoms with Crippen molar-refractivity contribution in [2.45, 2.75) is 0 Å². The highest BCUT2D eigenvalue weighted by molar-refractivity contribution is 6.15. The number of fused-ring (bicyclic) bond motifs is 8. The van der Waals surface area contributed by atoms with E-state index in [4.69, 9.17) is 19.4 Å². The van der Waals surface area contributed by atoms with Gasteiger partial charge >= 0.3 is 0 Å². The number of aromatic nitrogens is 5. The minimum atomic E-state index is 0.529. The molecule has 58 heavy (non-hydrogen) atoms. The third kappa shape index (κ3) is 5.12. The first-order valence-electron chi connectivity index (χ1n) is 19.4. The molecular weight excluding hydrogens is 711 g/mol. The zero-order valence-corrected chi connectivity index (χ0v) is 31.0. The Labute approximate surface area is 332 Å². The van der Waals surface area contributed by atoms with E-state index in [0.29, 0.717) is 23.1 Å². The van der Waals surface area contributed by atoms with E-state index < -0.39 is 0 Å². The Morgan fingerprint density at radius 3 is 1.86 bits per heavy atom. The second-order valence-electron chi connectivity index (χ2n) is 14.7. The smallest absolute Gasteiger partial charge is 0.166 e. The first-order valence-corrected chi connectivity index (χ1v) is 19.4. The molecule has 0 amide bonds. The van der Waals surface area contributed by atoms with E-state index in [9.17, 15) is 0 Å². The van der Waals surface area contributed by atoms with Crippen LogP contribution in [0.2, 0.25) is 0 Å². The number of benzene rings is 8. The molecule has 0 saturated heterocycles. The van der Waals surface area contributed by atoms with E-state index in [1.54, 1.807) is 6.20 Å². The molecule has 0 aliphatic carbocycles. The molecule has 0 aliphatic heterocycles. The lowest BCUT2D eigenvalue weighted by atomic mass is 9.97. The maximum absolute atomic E-state index is 6.62. The Kier molecular flexibility index (Phi) is 7.13. The summed E-state index contributed by atoms with van der Waals surface area (Å²) in [5.41, 5.74) is 9.62. The largest absolute Gasteiger partial charge is 0.454 e.